The molecule has 4 nitrogen and oxygen atoms in total. The fourth-order valence-corrected chi connectivity index (χ4v) is 2.70. The van der Waals surface area contributed by atoms with Crippen LogP contribution in [0.2, 0.25) is 0 Å². The van der Waals surface area contributed by atoms with Crippen LogP contribution in [-0.2, 0) is 0 Å². The van der Waals surface area contributed by atoms with Crippen LogP contribution >= 0.6 is 11.3 Å². The molecule has 0 aliphatic carbocycles. The molecule has 1 aromatic carbocycles. The Morgan fingerprint density at radius 2 is 2.25 bits per heavy atom. The van der Waals surface area contributed by atoms with Crippen LogP contribution in [0.1, 0.15) is 33.8 Å². The van der Waals surface area contributed by atoms with E-state index in [9.17, 15) is 4.79 Å². The molecule has 0 bridgehead atoms. The number of hydrogen-bond donors (Lipinski definition) is 2. The fourth-order valence-electron chi connectivity index (χ4n) is 2.00. The molecule has 5 heteroatoms. The first-order valence-electron chi connectivity index (χ1n) is 6.57. The maximum atomic E-state index is 12.1. The molecule has 106 valence electrons. The highest BCUT2D eigenvalue weighted by molar-refractivity contribution is 7.09. The van der Waals surface area contributed by atoms with Crippen LogP contribution in [0, 0.1) is 6.92 Å². The van der Waals surface area contributed by atoms with Crippen molar-refractivity contribution in [2.24, 2.45) is 0 Å². The molecule has 0 aliphatic rings. The molecule has 0 radical (unpaired) electrons. The Hall–Kier alpha value is -1.88. The van der Waals surface area contributed by atoms with Gasteiger partial charge >= 0.3 is 0 Å². The fraction of sp³-hybridized carbons (Fsp3) is 0.333. The summed E-state index contributed by atoms with van der Waals surface area (Å²) in [5.41, 5.74) is 2.79. The van der Waals surface area contributed by atoms with E-state index in [1.54, 1.807) is 17.5 Å². The van der Waals surface area contributed by atoms with Gasteiger partial charge in [-0.15, -0.1) is 11.3 Å². The number of aryl methyl sites for hydroxylation is 1. The van der Waals surface area contributed by atoms with E-state index in [0.29, 0.717) is 12.1 Å². The third-order valence-corrected chi connectivity index (χ3v) is 4.21. The van der Waals surface area contributed by atoms with Gasteiger partial charge < -0.3 is 10.6 Å². The Bertz CT molecular complexity index is 581. The zero-order valence-electron chi connectivity index (χ0n) is 11.9. The summed E-state index contributed by atoms with van der Waals surface area (Å²) in [4.78, 5) is 16.4. The van der Waals surface area contributed by atoms with E-state index in [0.717, 1.165) is 16.3 Å². The summed E-state index contributed by atoms with van der Waals surface area (Å²) < 4.78 is 0. The zero-order valence-corrected chi connectivity index (χ0v) is 12.8. The second kappa shape index (κ2) is 6.52. The molecule has 1 unspecified atom stereocenters. The molecule has 2 N–H and O–H groups in total. The monoisotopic (exact) mass is 289 g/mol. The second-order valence-electron chi connectivity index (χ2n) is 4.76. The van der Waals surface area contributed by atoms with Crippen molar-refractivity contribution >= 4 is 22.9 Å². The van der Waals surface area contributed by atoms with Crippen molar-refractivity contribution in [2.75, 3.05) is 18.9 Å². The van der Waals surface area contributed by atoms with E-state index in [4.69, 9.17) is 0 Å². The summed E-state index contributed by atoms with van der Waals surface area (Å²) in [7, 11) is 1.87. The number of anilines is 1. The summed E-state index contributed by atoms with van der Waals surface area (Å²) in [6, 6.07) is 5.66. The number of benzene rings is 1. The standard InChI is InChI=1S/C15H19N3OS/c1-10-8-12(4-5-13(10)16-3)14(19)18-9-11(2)15-17-6-7-20-15/h4-8,11,16H,9H2,1-3H3,(H,18,19). The largest absolute Gasteiger partial charge is 0.388 e. The molecule has 1 aromatic heterocycles. The minimum absolute atomic E-state index is 0.0424. The molecule has 0 saturated carbocycles. The van der Waals surface area contributed by atoms with Crippen LogP contribution in [0.3, 0.4) is 0 Å². The highest BCUT2D eigenvalue weighted by atomic mass is 32.1. The van der Waals surface area contributed by atoms with Crippen molar-refractivity contribution in [3.8, 4) is 0 Å². The van der Waals surface area contributed by atoms with E-state index >= 15 is 0 Å². The maximum absolute atomic E-state index is 12.1. The maximum Gasteiger partial charge on any atom is 0.251 e. The highest BCUT2D eigenvalue weighted by Crippen LogP contribution is 2.18. The van der Waals surface area contributed by atoms with Gasteiger partial charge in [0.2, 0.25) is 0 Å². The normalized spacial score (nSPS) is 11.9. The SMILES string of the molecule is CNc1ccc(C(=O)NCC(C)c2nccs2)cc1C. The number of hydrogen-bond acceptors (Lipinski definition) is 4. The van der Waals surface area contributed by atoms with Crippen molar-refractivity contribution in [1.82, 2.24) is 10.3 Å². The summed E-state index contributed by atoms with van der Waals surface area (Å²) in [6.45, 7) is 4.65. The number of rotatable bonds is 5. The van der Waals surface area contributed by atoms with E-state index in [2.05, 4.69) is 22.5 Å². The lowest BCUT2D eigenvalue weighted by molar-refractivity contribution is 0.0951. The molecular weight excluding hydrogens is 270 g/mol. The number of carbonyl (C=O) groups is 1. The van der Waals surface area contributed by atoms with Gasteiger partial charge in [0.25, 0.3) is 5.91 Å². The third kappa shape index (κ3) is 3.36. The van der Waals surface area contributed by atoms with Gasteiger partial charge in [-0.25, -0.2) is 4.98 Å². The first kappa shape index (κ1) is 14.5. The minimum Gasteiger partial charge on any atom is -0.388 e. The summed E-state index contributed by atoms with van der Waals surface area (Å²) in [5, 5.41) is 9.05. The van der Waals surface area contributed by atoms with Crippen LogP contribution < -0.4 is 10.6 Å². The predicted molar refractivity (Wildman–Crippen MR) is 83.6 cm³/mol. The van der Waals surface area contributed by atoms with E-state index in [1.165, 1.54) is 0 Å². The quantitative estimate of drug-likeness (QED) is 0.889. The Morgan fingerprint density at radius 1 is 1.45 bits per heavy atom. The van der Waals surface area contributed by atoms with Gasteiger partial charge in [0.05, 0.1) is 5.01 Å². The van der Waals surface area contributed by atoms with Gasteiger partial charge in [-0.1, -0.05) is 6.92 Å². The van der Waals surface area contributed by atoms with Gasteiger partial charge in [0.1, 0.15) is 0 Å². The van der Waals surface area contributed by atoms with Gasteiger partial charge in [-0.2, -0.15) is 0 Å². The summed E-state index contributed by atoms with van der Waals surface area (Å²) >= 11 is 1.62. The van der Waals surface area contributed by atoms with Crippen molar-refractivity contribution in [3.05, 3.63) is 45.9 Å². The Morgan fingerprint density at radius 3 is 2.85 bits per heavy atom. The molecule has 0 spiro atoms. The van der Waals surface area contributed by atoms with Crippen molar-refractivity contribution in [3.63, 3.8) is 0 Å². The lowest BCUT2D eigenvalue weighted by Crippen LogP contribution is -2.27. The van der Waals surface area contributed by atoms with Gasteiger partial charge in [-0.05, 0) is 30.7 Å². The molecule has 1 heterocycles. The van der Waals surface area contributed by atoms with E-state index in [1.807, 2.05) is 37.6 Å². The van der Waals surface area contributed by atoms with Gasteiger partial charge in [0.15, 0.2) is 0 Å². The first-order valence-corrected chi connectivity index (χ1v) is 7.45. The van der Waals surface area contributed by atoms with Crippen molar-refractivity contribution in [1.29, 1.82) is 0 Å². The summed E-state index contributed by atoms with van der Waals surface area (Å²) in [6.07, 6.45) is 1.79. The lowest BCUT2D eigenvalue weighted by atomic mass is 10.1. The number of amides is 1. The summed E-state index contributed by atoms with van der Waals surface area (Å²) in [5.74, 6) is 0.191. The van der Waals surface area contributed by atoms with Crippen LogP contribution in [0.15, 0.2) is 29.8 Å². The zero-order chi connectivity index (χ0) is 14.5. The second-order valence-corrected chi connectivity index (χ2v) is 5.69. The minimum atomic E-state index is -0.0424. The third-order valence-electron chi connectivity index (χ3n) is 3.20. The number of carbonyl (C=O) groups excluding carboxylic acids is 1. The Kier molecular flexibility index (Phi) is 4.74. The molecule has 0 aliphatic heterocycles. The number of nitrogens with one attached hydrogen (secondary N) is 2. The van der Waals surface area contributed by atoms with Crippen LogP contribution in [0.5, 0.6) is 0 Å². The van der Waals surface area contributed by atoms with Crippen LogP contribution in [0.4, 0.5) is 5.69 Å². The predicted octanol–water partition coefficient (Wildman–Crippen LogP) is 3.03. The van der Waals surface area contributed by atoms with Crippen molar-refractivity contribution < 1.29 is 4.79 Å². The first-order chi connectivity index (χ1) is 9.61. The van der Waals surface area contributed by atoms with Crippen molar-refractivity contribution in [2.45, 2.75) is 19.8 Å². The molecule has 1 atom stereocenters. The topological polar surface area (TPSA) is 54.0 Å². The van der Waals surface area contributed by atoms with E-state index < -0.39 is 0 Å². The number of thiazole rings is 1. The number of nitrogens with zero attached hydrogens (tertiary/aromatic N) is 1. The smallest absolute Gasteiger partial charge is 0.251 e. The average Bonchev–Trinajstić information content (AvgIpc) is 2.98. The van der Waals surface area contributed by atoms with Gasteiger partial charge in [0, 0.05) is 42.3 Å². The molecule has 2 rings (SSSR count). The average molecular weight is 289 g/mol. The van der Waals surface area contributed by atoms with Crippen LogP contribution in [-0.4, -0.2) is 24.5 Å². The highest BCUT2D eigenvalue weighted by Gasteiger charge is 2.11. The molecule has 1 amide bonds. The molecule has 20 heavy (non-hydrogen) atoms. The van der Waals surface area contributed by atoms with Crippen LogP contribution in [0.25, 0.3) is 0 Å². The molecule has 2 aromatic rings. The lowest BCUT2D eigenvalue weighted by Gasteiger charge is -2.11. The number of aromatic nitrogens is 1. The molecular formula is C15H19N3OS. The van der Waals surface area contributed by atoms with E-state index in [-0.39, 0.29) is 11.8 Å². The van der Waals surface area contributed by atoms with Gasteiger partial charge in [-0.3, -0.25) is 4.79 Å². The Balaban J connectivity index is 1.96. The molecule has 0 saturated heterocycles. The Labute approximate surface area is 123 Å². The molecule has 0 fully saturated rings.